The summed E-state index contributed by atoms with van der Waals surface area (Å²) in [6.45, 7) is 18.3. The van der Waals surface area contributed by atoms with Crippen LogP contribution in [0.15, 0.2) is 30.3 Å². The molecule has 1 rings (SSSR count). The van der Waals surface area contributed by atoms with E-state index in [-0.39, 0.29) is 19.8 Å². The average Bonchev–Trinajstić information content (AvgIpc) is 3.07. The Labute approximate surface area is 290 Å². The predicted molar refractivity (Wildman–Crippen MR) is 185 cm³/mol. The van der Waals surface area contributed by atoms with Gasteiger partial charge in [0.05, 0.1) is 119 Å². The molecule has 0 aliphatic carbocycles. The summed E-state index contributed by atoms with van der Waals surface area (Å²) in [6.07, 6.45) is 1.00. The molecule has 0 aliphatic rings. The number of ether oxygens (including phenoxy) is 9. The standard InChI is InChI=1S/C16H27NO3.C9H20O6S.C8H18O4/c1-3-18-11-12-20-14-13-19-10-9-17(2)15-16-7-5-4-6-8-16;1-3-12-4-5-13-6-7-14-8-9-15-16(2,10)11;1-2-10-5-6-12-8-7-11-4-3-9/h4-8H,3,9-15H2,1-2H3;3-9H2,1-2H3;9H,2-8H2,1H3. The van der Waals surface area contributed by atoms with Crippen LogP contribution in [0.25, 0.3) is 0 Å². The van der Waals surface area contributed by atoms with Crippen LogP contribution in [0.5, 0.6) is 0 Å². The molecule has 0 heterocycles. The molecule has 0 atom stereocenters. The predicted octanol–water partition coefficient (Wildman–Crippen LogP) is 2.27. The van der Waals surface area contributed by atoms with E-state index in [2.05, 4.69) is 40.4 Å². The maximum atomic E-state index is 10.6. The normalized spacial score (nSPS) is 11.2. The second-order valence-electron chi connectivity index (χ2n) is 9.74. The summed E-state index contributed by atoms with van der Waals surface area (Å²) in [4.78, 5) is 2.26. The Morgan fingerprint density at radius 3 is 1.27 bits per heavy atom. The van der Waals surface area contributed by atoms with E-state index in [1.54, 1.807) is 0 Å². The van der Waals surface area contributed by atoms with Crippen LogP contribution in [-0.2, 0) is 63.5 Å². The van der Waals surface area contributed by atoms with Crippen LogP contribution in [0.4, 0.5) is 0 Å². The van der Waals surface area contributed by atoms with Gasteiger partial charge in [0.2, 0.25) is 0 Å². The lowest BCUT2D eigenvalue weighted by molar-refractivity contribution is 0.00965. The van der Waals surface area contributed by atoms with Crippen molar-refractivity contribution >= 4 is 10.1 Å². The van der Waals surface area contributed by atoms with Gasteiger partial charge in [0.15, 0.2) is 0 Å². The lowest BCUT2D eigenvalue weighted by Gasteiger charge is -2.16. The van der Waals surface area contributed by atoms with Crippen molar-refractivity contribution in [3.63, 3.8) is 0 Å². The lowest BCUT2D eigenvalue weighted by Crippen LogP contribution is -2.23. The molecule has 0 saturated heterocycles. The van der Waals surface area contributed by atoms with Gasteiger partial charge in [-0.2, -0.15) is 8.42 Å². The van der Waals surface area contributed by atoms with Crippen molar-refractivity contribution < 1.29 is 60.3 Å². The van der Waals surface area contributed by atoms with Gasteiger partial charge in [0, 0.05) is 32.9 Å². The van der Waals surface area contributed by atoms with Crippen LogP contribution in [0.1, 0.15) is 26.3 Å². The van der Waals surface area contributed by atoms with E-state index in [1.807, 2.05) is 26.8 Å². The summed E-state index contributed by atoms with van der Waals surface area (Å²) in [5.41, 5.74) is 1.33. The van der Waals surface area contributed by atoms with Gasteiger partial charge in [-0.3, -0.25) is 9.08 Å². The summed E-state index contributed by atoms with van der Waals surface area (Å²) in [7, 11) is -1.25. The van der Waals surface area contributed by atoms with Gasteiger partial charge in [-0.05, 0) is 33.4 Å². The van der Waals surface area contributed by atoms with Crippen LogP contribution in [0.3, 0.4) is 0 Å². The maximum absolute atomic E-state index is 10.6. The second-order valence-corrected chi connectivity index (χ2v) is 11.4. The summed E-state index contributed by atoms with van der Waals surface area (Å²) < 4.78 is 72.2. The molecule has 14 nitrogen and oxygen atoms in total. The zero-order valence-electron chi connectivity index (χ0n) is 30.1. The molecule has 48 heavy (non-hydrogen) atoms. The van der Waals surface area contributed by atoms with Gasteiger partial charge in [0.1, 0.15) is 0 Å². The summed E-state index contributed by atoms with van der Waals surface area (Å²) in [5, 5.41) is 8.35. The smallest absolute Gasteiger partial charge is 0.264 e. The number of aliphatic hydroxyl groups excluding tert-OH is 1. The van der Waals surface area contributed by atoms with E-state index < -0.39 is 10.1 Å². The van der Waals surface area contributed by atoms with Crippen molar-refractivity contribution in [2.24, 2.45) is 0 Å². The fraction of sp³-hybridized carbons (Fsp3) is 0.818. The molecule has 0 aliphatic heterocycles. The zero-order chi connectivity index (χ0) is 35.8. The van der Waals surface area contributed by atoms with Gasteiger partial charge >= 0.3 is 0 Å². The van der Waals surface area contributed by atoms with Crippen LogP contribution in [0, 0.1) is 0 Å². The Kier molecular flexibility index (Phi) is 40.8. The molecule has 0 spiro atoms. The minimum Gasteiger partial charge on any atom is -0.394 e. The molecule has 1 N–H and O–H groups in total. The molecule has 0 bridgehead atoms. The quantitative estimate of drug-likeness (QED) is 0.0859. The first-order chi connectivity index (χ1) is 23.3. The summed E-state index contributed by atoms with van der Waals surface area (Å²) in [6, 6.07) is 10.5. The van der Waals surface area contributed by atoms with Crippen LogP contribution < -0.4 is 0 Å². The minimum atomic E-state index is -3.36. The van der Waals surface area contributed by atoms with E-state index in [1.165, 1.54) is 5.56 Å². The van der Waals surface area contributed by atoms with Crippen molar-refractivity contribution in [3.05, 3.63) is 35.9 Å². The number of likely N-dealkylation sites (N-methyl/N-ethyl adjacent to an activating group) is 1. The number of rotatable bonds is 32. The van der Waals surface area contributed by atoms with Gasteiger partial charge in [-0.25, -0.2) is 0 Å². The summed E-state index contributed by atoms with van der Waals surface area (Å²) in [5.74, 6) is 0. The molecule has 15 heteroatoms. The van der Waals surface area contributed by atoms with Crippen molar-refractivity contribution in [1.29, 1.82) is 0 Å². The molecule has 0 aromatic heterocycles. The van der Waals surface area contributed by atoms with Gasteiger partial charge in [-0.1, -0.05) is 30.3 Å². The van der Waals surface area contributed by atoms with Crippen molar-refractivity contribution in [1.82, 2.24) is 4.90 Å². The molecule has 1 aromatic rings. The van der Waals surface area contributed by atoms with Crippen LogP contribution in [-0.4, -0.2) is 170 Å². The number of hydrogen-bond acceptors (Lipinski definition) is 14. The van der Waals surface area contributed by atoms with Gasteiger partial charge in [-0.15, -0.1) is 0 Å². The largest absolute Gasteiger partial charge is 0.394 e. The fourth-order valence-corrected chi connectivity index (χ4v) is 3.63. The third-order valence-electron chi connectivity index (χ3n) is 5.52. The molecule has 0 amide bonds. The Bertz CT molecular complexity index is 828. The molecule has 0 radical (unpaired) electrons. The molecular formula is C33H65NO13S. The number of hydrogen-bond donors (Lipinski definition) is 1. The molecule has 0 saturated carbocycles. The third kappa shape index (κ3) is 44.7. The Hall–Kier alpha value is -1.31. The van der Waals surface area contributed by atoms with E-state index in [4.69, 9.17) is 47.7 Å². The lowest BCUT2D eigenvalue weighted by atomic mass is 10.2. The van der Waals surface area contributed by atoms with Crippen molar-refractivity contribution in [3.8, 4) is 0 Å². The van der Waals surface area contributed by atoms with E-state index >= 15 is 0 Å². The maximum Gasteiger partial charge on any atom is 0.264 e. The number of aliphatic hydroxyl groups is 1. The Morgan fingerprint density at radius 2 is 0.896 bits per heavy atom. The van der Waals surface area contributed by atoms with Gasteiger partial charge < -0.3 is 47.7 Å². The topological polar surface area (TPSA) is 150 Å². The van der Waals surface area contributed by atoms with Gasteiger partial charge in [0.25, 0.3) is 10.1 Å². The highest BCUT2D eigenvalue weighted by molar-refractivity contribution is 7.85. The van der Waals surface area contributed by atoms with E-state index in [0.717, 1.165) is 39.2 Å². The summed E-state index contributed by atoms with van der Waals surface area (Å²) >= 11 is 0. The Morgan fingerprint density at radius 1 is 0.542 bits per heavy atom. The molecule has 0 unspecified atom stereocenters. The highest BCUT2D eigenvalue weighted by Crippen LogP contribution is 2.02. The van der Waals surface area contributed by atoms with E-state index in [0.29, 0.717) is 92.5 Å². The highest BCUT2D eigenvalue weighted by Gasteiger charge is 2.01. The SMILES string of the molecule is CCOCCOCCOCCN(C)Cc1ccccc1.CCOCCOCCOCCO.CCOCCOCCOCCOS(C)(=O)=O. The minimum absolute atomic E-state index is 0.0395. The first-order valence-corrected chi connectivity index (χ1v) is 18.5. The second kappa shape index (κ2) is 40.1. The molecule has 286 valence electrons. The first-order valence-electron chi connectivity index (χ1n) is 16.7. The fourth-order valence-electron chi connectivity index (χ4n) is 3.26. The number of benzene rings is 1. The molecule has 1 aromatic carbocycles. The monoisotopic (exact) mass is 715 g/mol. The first kappa shape index (κ1) is 48.8. The van der Waals surface area contributed by atoms with Crippen molar-refractivity contribution in [2.45, 2.75) is 27.3 Å². The highest BCUT2D eigenvalue weighted by atomic mass is 32.2. The number of nitrogens with zero attached hydrogens (tertiary/aromatic N) is 1. The Balaban J connectivity index is 0. The van der Waals surface area contributed by atoms with Crippen LogP contribution in [0.2, 0.25) is 0 Å². The van der Waals surface area contributed by atoms with E-state index in [9.17, 15) is 8.42 Å². The molecule has 0 fully saturated rings. The van der Waals surface area contributed by atoms with Crippen LogP contribution >= 0.6 is 0 Å². The third-order valence-corrected chi connectivity index (χ3v) is 6.11. The average molecular weight is 716 g/mol. The molecular weight excluding hydrogens is 650 g/mol. The zero-order valence-corrected chi connectivity index (χ0v) is 31.0. The van der Waals surface area contributed by atoms with Crippen molar-refractivity contribution in [2.75, 3.05) is 152 Å².